The smallest absolute Gasteiger partial charge is 0.319 e. The van der Waals surface area contributed by atoms with Crippen LogP contribution in [0.5, 0.6) is 0 Å². The fourth-order valence-corrected chi connectivity index (χ4v) is 2.52. The molecule has 1 atom stereocenters. The minimum Gasteiger partial charge on any atom is -0.381 e. The van der Waals surface area contributed by atoms with Crippen LogP contribution in [0, 0.1) is 5.92 Å². The van der Waals surface area contributed by atoms with E-state index in [9.17, 15) is 4.79 Å². The molecule has 1 unspecified atom stereocenters. The van der Waals surface area contributed by atoms with Crippen LogP contribution in [-0.2, 0) is 4.74 Å². The fraction of sp³-hybridized carbons (Fsp3) is 0.375. The first kappa shape index (κ1) is 13.8. The van der Waals surface area contributed by atoms with Gasteiger partial charge in [0.15, 0.2) is 0 Å². The number of nitrogens with one attached hydrogen (secondary N) is 2. The molecule has 2 heterocycles. The molecule has 1 aliphatic rings. The molecule has 0 spiro atoms. The molecular weight excluding hydrogens is 266 g/mol. The Kier molecular flexibility index (Phi) is 4.31. The van der Waals surface area contributed by atoms with Gasteiger partial charge in [-0.05, 0) is 37.0 Å². The van der Waals surface area contributed by atoms with Gasteiger partial charge < -0.3 is 15.4 Å². The SMILES string of the molecule is O=C(NCC1CCCOC1)Nc1ccc2cccnc2c1. The Hall–Kier alpha value is -2.14. The number of hydrogen-bond donors (Lipinski definition) is 2. The lowest BCUT2D eigenvalue weighted by molar-refractivity contribution is 0.0559. The first-order chi connectivity index (χ1) is 10.3. The summed E-state index contributed by atoms with van der Waals surface area (Å²) in [5, 5.41) is 6.80. The van der Waals surface area contributed by atoms with E-state index >= 15 is 0 Å². The Morgan fingerprint density at radius 3 is 3.19 bits per heavy atom. The molecule has 3 rings (SSSR count). The molecular formula is C16H19N3O2. The van der Waals surface area contributed by atoms with Crippen molar-refractivity contribution in [2.75, 3.05) is 25.1 Å². The summed E-state index contributed by atoms with van der Waals surface area (Å²) in [6, 6.07) is 9.42. The number of ether oxygens (including phenoxy) is 1. The van der Waals surface area contributed by atoms with Crippen molar-refractivity contribution < 1.29 is 9.53 Å². The van der Waals surface area contributed by atoms with Gasteiger partial charge in [-0.2, -0.15) is 0 Å². The van der Waals surface area contributed by atoms with E-state index in [0.29, 0.717) is 12.5 Å². The molecule has 2 amide bonds. The maximum atomic E-state index is 11.9. The molecule has 1 saturated heterocycles. The number of aromatic nitrogens is 1. The highest BCUT2D eigenvalue weighted by Gasteiger charge is 2.14. The lowest BCUT2D eigenvalue weighted by atomic mass is 10.0. The highest BCUT2D eigenvalue weighted by Crippen LogP contribution is 2.17. The van der Waals surface area contributed by atoms with Crippen molar-refractivity contribution in [2.24, 2.45) is 5.92 Å². The van der Waals surface area contributed by atoms with Crippen molar-refractivity contribution >= 4 is 22.6 Å². The van der Waals surface area contributed by atoms with Gasteiger partial charge in [-0.3, -0.25) is 4.98 Å². The van der Waals surface area contributed by atoms with Crippen molar-refractivity contribution in [3.8, 4) is 0 Å². The van der Waals surface area contributed by atoms with Gasteiger partial charge in [-0.25, -0.2) is 4.79 Å². The van der Waals surface area contributed by atoms with Crippen LogP contribution < -0.4 is 10.6 Å². The quantitative estimate of drug-likeness (QED) is 0.911. The average molecular weight is 285 g/mol. The van der Waals surface area contributed by atoms with Crippen molar-refractivity contribution in [1.29, 1.82) is 0 Å². The zero-order valence-corrected chi connectivity index (χ0v) is 11.8. The average Bonchev–Trinajstić information content (AvgIpc) is 2.54. The molecule has 110 valence electrons. The third-order valence-electron chi connectivity index (χ3n) is 3.67. The van der Waals surface area contributed by atoms with E-state index in [1.807, 2.05) is 30.3 Å². The van der Waals surface area contributed by atoms with Crippen molar-refractivity contribution in [2.45, 2.75) is 12.8 Å². The Morgan fingerprint density at radius 2 is 2.33 bits per heavy atom. The summed E-state index contributed by atoms with van der Waals surface area (Å²) in [5.74, 6) is 0.419. The largest absolute Gasteiger partial charge is 0.381 e. The first-order valence-corrected chi connectivity index (χ1v) is 7.28. The van der Waals surface area contributed by atoms with Gasteiger partial charge in [0.1, 0.15) is 0 Å². The van der Waals surface area contributed by atoms with Crippen LogP contribution in [0.25, 0.3) is 10.9 Å². The summed E-state index contributed by atoms with van der Waals surface area (Å²) in [7, 11) is 0. The lowest BCUT2D eigenvalue weighted by Crippen LogP contribution is -2.35. The van der Waals surface area contributed by atoms with Gasteiger partial charge in [0.05, 0.1) is 12.1 Å². The predicted octanol–water partition coefficient (Wildman–Crippen LogP) is 2.78. The van der Waals surface area contributed by atoms with E-state index in [-0.39, 0.29) is 6.03 Å². The van der Waals surface area contributed by atoms with E-state index in [4.69, 9.17) is 4.74 Å². The van der Waals surface area contributed by atoms with E-state index in [2.05, 4.69) is 15.6 Å². The summed E-state index contributed by atoms with van der Waals surface area (Å²) in [6.45, 7) is 2.23. The Morgan fingerprint density at radius 1 is 1.38 bits per heavy atom. The monoisotopic (exact) mass is 285 g/mol. The summed E-state index contributed by atoms with van der Waals surface area (Å²) in [5.41, 5.74) is 1.62. The van der Waals surface area contributed by atoms with E-state index in [1.54, 1.807) is 6.20 Å². The fourth-order valence-electron chi connectivity index (χ4n) is 2.52. The molecule has 1 aliphatic heterocycles. The van der Waals surface area contributed by atoms with Crippen LogP contribution in [0.4, 0.5) is 10.5 Å². The normalized spacial score (nSPS) is 18.4. The number of rotatable bonds is 3. The molecule has 1 aromatic heterocycles. The second-order valence-corrected chi connectivity index (χ2v) is 5.33. The number of amides is 2. The molecule has 1 aromatic carbocycles. The molecule has 21 heavy (non-hydrogen) atoms. The number of carbonyl (C=O) groups is 1. The van der Waals surface area contributed by atoms with Crippen LogP contribution in [0.3, 0.4) is 0 Å². The number of carbonyl (C=O) groups excluding carboxylic acids is 1. The molecule has 0 bridgehead atoms. The number of hydrogen-bond acceptors (Lipinski definition) is 3. The first-order valence-electron chi connectivity index (χ1n) is 7.28. The van der Waals surface area contributed by atoms with Crippen LogP contribution in [0.15, 0.2) is 36.5 Å². The zero-order chi connectivity index (χ0) is 14.5. The number of urea groups is 1. The van der Waals surface area contributed by atoms with E-state index < -0.39 is 0 Å². The minimum atomic E-state index is -0.184. The highest BCUT2D eigenvalue weighted by molar-refractivity contribution is 5.92. The van der Waals surface area contributed by atoms with E-state index in [0.717, 1.165) is 42.6 Å². The molecule has 0 aliphatic carbocycles. The number of nitrogens with zero attached hydrogens (tertiary/aromatic N) is 1. The second-order valence-electron chi connectivity index (χ2n) is 5.33. The van der Waals surface area contributed by atoms with Crippen molar-refractivity contribution in [3.63, 3.8) is 0 Å². The van der Waals surface area contributed by atoms with Crippen LogP contribution in [-0.4, -0.2) is 30.8 Å². The van der Waals surface area contributed by atoms with Crippen LogP contribution in [0.2, 0.25) is 0 Å². The third-order valence-corrected chi connectivity index (χ3v) is 3.67. The Bertz CT molecular complexity index is 624. The maximum absolute atomic E-state index is 11.9. The van der Waals surface area contributed by atoms with Crippen molar-refractivity contribution in [1.82, 2.24) is 10.3 Å². The molecule has 1 fully saturated rings. The Balaban J connectivity index is 1.55. The van der Waals surface area contributed by atoms with Gasteiger partial charge >= 0.3 is 6.03 Å². The zero-order valence-electron chi connectivity index (χ0n) is 11.8. The summed E-state index contributed by atoms with van der Waals surface area (Å²) in [6.07, 6.45) is 3.93. The molecule has 2 aromatic rings. The molecule has 2 N–H and O–H groups in total. The molecule has 0 radical (unpaired) electrons. The summed E-state index contributed by atoms with van der Waals surface area (Å²) >= 11 is 0. The maximum Gasteiger partial charge on any atom is 0.319 e. The van der Waals surface area contributed by atoms with Gasteiger partial charge in [-0.1, -0.05) is 12.1 Å². The number of pyridine rings is 1. The van der Waals surface area contributed by atoms with Gasteiger partial charge in [0.25, 0.3) is 0 Å². The summed E-state index contributed by atoms with van der Waals surface area (Å²) in [4.78, 5) is 16.2. The topological polar surface area (TPSA) is 63.2 Å². The molecule has 5 heteroatoms. The third kappa shape index (κ3) is 3.70. The second kappa shape index (κ2) is 6.54. The molecule has 0 saturated carbocycles. The minimum absolute atomic E-state index is 0.184. The summed E-state index contributed by atoms with van der Waals surface area (Å²) < 4.78 is 5.40. The van der Waals surface area contributed by atoms with Gasteiger partial charge in [0, 0.05) is 30.4 Å². The standard InChI is InChI=1S/C16H19N3O2/c20-16(18-10-12-3-2-8-21-11-12)19-14-6-5-13-4-1-7-17-15(13)9-14/h1,4-7,9,12H,2-3,8,10-11H2,(H2,18,19,20). The van der Waals surface area contributed by atoms with Gasteiger partial charge in [0.2, 0.25) is 0 Å². The van der Waals surface area contributed by atoms with E-state index in [1.165, 1.54) is 0 Å². The van der Waals surface area contributed by atoms with Crippen LogP contribution in [0.1, 0.15) is 12.8 Å². The Labute approximate surface area is 123 Å². The highest BCUT2D eigenvalue weighted by atomic mass is 16.5. The predicted molar refractivity (Wildman–Crippen MR) is 82.3 cm³/mol. The van der Waals surface area contributed by atoms with Crippen molar-refractivity contribution in [3.05, 3.63) is 36.5 Å². The lowest BCUT2D eigenvalue weighted by Gasteiger charge is -2.22. The van der Waals surface area contributed by atoms with Gasteiger partial charge in [-0.15, -0.1) is 0 Å². The molecule has 5 nitrogen and oxygen atoms in total. The van der Waals surface area contributed by atoms with Crippen LogP contribution >= 0.6 is 0 Å². The number of fused-ring (bicyclic) bond motifs is 1. The number of benzene rings is 1. The number of anilines is 1.